The smallest absolute Gasteiger partial charge is 0.335 e. The van der Waals surface area contributed by atoms with E-state index in [4.69, 9.17) is 10.8 Å². The lowest BCUT2D eigenvalue weighted by Gasteiger charge is -2.08. The molecule has 0 aromatic heterocycles. The zero-order chi connectivity index (χ0) is 10.6. The van der Waals surface area contributed by atoms with Crippen LogP contribution in [0.15, 0.2) is 36.9 Å². The van der Waals surface area contributed by atoms with Gasteiger partial charge in [-0.05, 0) is 24.1 Å². The summed E-state index contributed by atoms with van der Waals surface area (Å²) in [6.45, 7) is 3.60. The molecule has 0 radical (unpaired) electrons. The molecule has 1 atom stereocenters. The van der Waals surface area contributed by atoms with Gasteiger partial charge in [0.1, 0.15) is 0 Å². The largest absolute Gasteiger partial charge is 0.478 e. The van der Waals surface area contributed by atoms with Crippen LogP contribution in [-0.2, 0) is 0 Å². The third-order valence-corrected chi connectivity index (χ3v) is 2.01. The van der Waals surface area contributed by atoms with Gasteiger partial charge in [0.15, 0.2) is 0 Å². The molecule has 0 spiro atoms. The second-order valence-electron chi connectivity index (χ2n) is 3.06. The number of carbonyl (C=O) groups is 1. The standard InChI is InChI=1S/C11H13NO2/c1-2-3-10(12)8-4-6-9(7-5-8)11(13)14/h2,4-7,10H,1,3,12H2,(H,13,14). The Morgan fingerprint density at radius 3 is 2.50 bits per heavy atom. The third kappa shape index (κ3) is 2.44. The van der Waals surface area contributed by atoms with Gasteiger partial charge >= 0.3 is 5.97 Å². The number of nitrogens with two attached hydrogens (primary N) is 1. The number of carboxylic acid groups (broad SMARTS) is 1. The highest BCUT2D eigenvalue weighted by molar-refractivity contribution is 5.87. The minimum absolute atomic E-state index is 0.102. The Morgan fingerprint density at radius 1 is 1.50 bits per heavy atom. The summed E-state index contributed by atoms with van der Waals surface area (Å²) < 4.78 is 0. The first-order chi connectivity index (χ1) is 6.65. The summed E-state index contributed by atoms with van der Waals surface area (Å²) in [6, 6.07) is 6.48. The van der Waals surface area contributed by atoms with Gasteiger partial charge in [-0.2, -0.15) is 0 Å². The van der Waals surface area contributed by atoms with E-state index in [0.29, 0.717) is 6.42 Å². The van der Waals surface area contributed by atoms with Crippen LogP contribution in [0.4, 0.5) is 0 Å². The van der Waals surface area contributed by atoms with Gasteiger partial charge < -0.3 is 10.8 Å². The van der Waals surface area contributed by atoms with Crippen molar-refractivity contribution in [2.24, 2.45) is 5.73 Å². The van der Waals surface area contributed by atoms with Crippen LogP contribution in [0.25, 0.3) is 0 Å². The third-order valence-electron chi connectivity index (χ3n) is 2.01. The molecule has 0 amide bonds. The van der Waals surface area contributed by atoms with Crippen molar-refractivity contribution < 1.29 is 9.90 Å². The molecule has 0 bridgehead atoms. The van der Waals surface area contributed by atoms with E-state index in [2.05, 4.69) is 6.58 Å². The Labute approximate surface area is 82.9 Å². The highest BCUT2D eigenvalue weighted by atomic mass is 16.4. The molecule has 0 saturated heterocycles. The number of aromatic carboxylic acids is 1. The van der Waals surface area contributed by atoms with E-state index >= 15 is 0 Å². The van der Waals surface area contributed by atoms with E-state index in [1.165, 1.54) is 0 Å². The van der Waals surface area contributed by atoms with Gasteiger partial charge in [0, 0.05) is 6.04 Å². The normalized spacial score (nSPS) is 12.1. The van der Waals surface area contributed by atoms with E-state index in [0.717, 1.165) is 5.56 Å². The number of hydrogen-bond acceptors (Lipinski definition) is 2. The molecule has 1 aromatic rings. The minimum Gasteiger partial charge on any atom is -0.478 e. The van der Waals surface area contributed by atoms with Crippen molar-refractivity contribution in [3.8, 4) is 0 Å². The SMILES string of the molecule is C=CCC(N)c1ccc(C(=O)O)cc1. The minimum atomic E-state index is -0.922. The van der Waals surface area contributed by atoms with Crippen molar-refractivity contribution in [1.29, 1.82) is 0 Å². The molecule has 0 fully saturated rings. The van der Waals surface area contributed by atoms with Gasteiger partial charge in [-0.25, -0.2) is 4.79 Å². The summed E-state index contributed by atoms with van der Waals surface area (Å²) in [6.07, 6.45) is 2.43. The van der Waals surface area contributed by atoms with Crippen LogP contribution in [0.1, 0.15) is 28.4 Å². The van der Waals surface area contributed by atoms with Crippen molar-refractivity contribution >= 4 is 5.97 Å². The highest BCUT2D eigenvalue weighted by Gasteiger charge is 2.05. The van der Waals surface area contributed by atoms with E-state index in [1.807, 2.05) is 0 Å². The van der Waals surface area contributed by atoms with Crippen molar-refractivity contribution in [1.82, 2.24) is 0 Å². The topological polar surface area (TPSA) is 63.3 Å². The van der Waals surface area contributed by atoms with Crippen molar-refractivity contribution in [2.45, 2.75) is 12.5 Å². The molecule has 3 N–H and O–H groups in total. The predicted molar refractivity (Wildman–Crippen MR) is 55.1 cm³/mol. The van der Waals surface area contributed by atoms with Crippen LogP contribution < -0.4 is 5.73 Å². The maximum absolute atomic E-state index is 10.6. The number of hydrogen-bond donors (Lipinski definition) is 2. The van der Waals surface area contributed by atoms with Gasteiger partial charge in [0.05, 0.1) is 5.56 Å². The molecule has 0 aliphatic carbocycles. The molecular weight excluding hydrogens is 178 g/mol. The lowest BCUT2D eigenvalue weighted by Crippen LogP contribution is -2.09. The number of rotatable bonds is 4. The van der Waals surface area contributed by atoms with Crippen LogP contribution in [-0.4, -0.2) is 11.1 Å². The molecule has 1 rings (SSSR count). The van der Waals surface area contributed by atoms with E-state index < -0.39 is 5.97 Å². The average molecular weight is 191 g/mol. The number of benzene rings is 1. The highest BCUT2D eigenvalue weighted by Crippen LogP contribution is 2.14. The van der Waals surface area contributed by atoms with Crippen molar-refractivity contribution in [3.63, 3.8) is 0 Å². The summed E-state index contributed by atoms with van der Waals surface area (Å²) in [5, 5.41) is 8.67. The molecule has 14 heavy (non-hydrogen) atoms. The average Bonchev–Trinajstić information content (AvgIpc) is 2.18. The van der Waals surface area contributed by atoms with Crippen molar-refractivity contribution in [2.75, 3.05) is 0 Å². The molecule has 0 aliphatic heterocycles. The summed E-state index contributed by atoms with van der Waals surface area (Å²) in [4.78, 5) is 10.6. The lowest BCUT2D eigenvalue weighted by atomic mass is 10.0. The Balaban J connectivity index is 2.82. The Kier molecular flexibility index (Phi) is 3.42. The molecule has 74 valence electrons. The van der Waals surface area contributed by atoms with Crippen LogP contribution in [0.2, 0.25) is 0 Å². The molecule has 0 saturated carbocycles. The monoisotopic (exact) mass is 191 g/mol. The van der Waals surface area contributed by atoms with Gasteiger partial charge in [0.25, 0.3) is 0 Å². The Hall–Kier alpha value is -1.61. The zero-order valence-electron chi connectivity index (χ0n) is 7.81. The zero-order valence-corrected chi connectivity index (χ0v) is 7.81. The summed E-state index contributed by atoms with van der Waals surface area (Å²) in [7, 11) is 0. The lowest BCUT2D eigenvalue weighted by molar-refractivity contribution is 0.0697. The van der Waals surface area contributed by atoms with Crippen molar-refractivity contribution in [3.05, 3.63) is 48.0 Å². The molecule has 0 aliphatic rings. The summed E-state index contributed by atoms with van der Waals surface area (Å²) >= 11 is 0. The Morgan fingerprint density at radius 2 is 2.07 bits per heavy atom. The summed E-state index contributed by atoms with van der Waals surface area (Å²) in [5.41, 5.74) is 7.02. The predicted octanol–water partition coefficient (Wildman–Crippen LogP) is 1.96. The molecular formula is C11H13NO2. The fraction of sp³-hybridized carbons (Fsp3) is 0.182. The van der Waals surface area contributed by atoms with E-state index in [-0.39, 0.29) is 11.6 Å². The molecule has 1 aromatic carbocycles. The molecule has 3 nitrogen and oxygen atoms in total. The molecule has 3 heteroatoms. The second kappa shape index (κ2) is 4.58. The van der Waals surface area contributed by atoms with E-state index in [1.54, 1.807) is 30.3 Å². The Bertz CT molecular complexity index is 330. The maximum Gasteiger partial charge on any atom is 0.335 e. The van der Waals surface area contributed by atoms with Gasteiger partial charge in [-0.15, -0.1) is 6.58 Å². The van der Waals surface area contributed by atoms with Crippen LogP contribution in [0, 0.1) is 0 Å². The first-order valence-electron chi connectivity index (χ1n) is 4.35. The fourth-order valence-corrected chi connectivity index (χ4v) is 1.19. The molecule has 1 unspecified atom stereocenters. The van der Waals surface area contributed by atoms with Crippen LogP contribution in [0.5, 0.6) is 0 Å². The molecule has 0 heterocycles. The van der Waals surface area contributed by atoms with E-state index in [9.17, 15) is 4.79 Å². The second-order valence-corrected chi connectivity index (χ2v) is 3.06. The van der Waals surface area contributed by atoms with Crippen LogP contribution >= 0.6 is 0 Å². The first kappa shape index (κ1) is 10.5. The van der Waals surface area contributed by atoms with Gasteiger partial charge in [0.2, 0.25) is 0 Å². The fourth-order valence-electron chi connectivity index (χ4n) is 1.19. The maximum atomic E-state index is 10.6. The van der Waals surface area contributed by atoms with Crippen LogP contribution in [0.3, 0.4) is 0 Å². The van der Waals surface area contributed by atoms with Gasteiger partial charge in [-0.1, -0.05) is 18.2 Å². The summed E-state index contributed by atoms with van der Waals surface area (Å²) in [5.74, 6) is -0.922. The number of carboxylic acids is 1. The van der Waals surface area contributed by atoms with Gasteiger partial charge in [-0.3, -0.25) is 0 Å². The first-order valence-corrected chi connectivity index (χ1v) is 4.35. The quantitative estimate of drug-likeness (QED) is 0.715.